The zero-order valence-corrected chi connectivity index (χ0v) is 11.7. The van der Waals surface area contributed by atoms with Crippen molar-refractivity contribution in [3.63, 3.8) is 0 Å². The van der Waals surface area contributed by atoms with E-state index in [1.54, 1.807) is 18.3 Å². The molecule has 0 fully saturated rings. The van der Waals surface area contributed by atoms with Crippen LogP contribution < -0.4 is 11.1 Å². The lowest BCUT2D eigenvalue weighted by Gasteiger charge is -2.08. The molecule has 19 heavy (non-hydrogen) atoms. The number of benzene rings is 1. The Morgan fingerprint density at radius 1 is 1.42 bits per heavy atom. The summed E-state index contributed by atoms with van der Waals surface area (Å²) in [6.45, 7) is 1.82. The number of aryl methyl sites for hydroxylation is 1. The molecule has 0 spiro atoms. The highest BCUT2D eigenvalue weighted by Crippen LogP contribution is 2.23. The number of carbonyl (C=O) groups is 1. The summed E-state index contributed by atoms with van der Waals surface area (Å²) in [6.07, 6.45) is 1.60. The van der Waals surface area contributed by atoms with Crippen molar-refractivity contribution in [2.24, 2.45) is 0 Å². The van der Waals surface area contributed by atoms with Crippen LogP contribution in [0.4, 0.5) is 15.8 Å². The van der Waals surface area contributed by atoms with Crippen molar-refractivity contribution in [2.75, 3.05) is 11.1 Å². The third-order valence-corrected chi connectivity index (χ3v) is 3.14. The lowest BCUT2D eigenvalue weighted by molar-refractivity contribution is 0.102. The van der Waals surface area contributed by atoms with E-state index >= 15 is 0 Å². The Morgan fingerprint density at radius 2 is 2.16 bits per heavy atom. The number of nitrogens with one attached hydrogen (secondary N) is 1. The van der Waals surface area contributed by atoms with Gasteiger partial charge in [-0.1, -0.05) is 0 Å². The number of carbonyl (C=O) groups excluding carboxylic acids is 1. The minimum absolute atomic E-state index is 0.0701. The van der Waals surface area contributed by atoms with Crippen molar-refractivity contribution in [3.05, 3.63) is 52.0 Å². The van der Waals surface area contributed by atoms with Crippen LogP contribution in [0.5, 0.6) is 0 Å². The molecule has 1 aromatic carbocycles. The molecule has 0 unspecified atom stereocenters. The van der Waals surface area contributed by atoms with E-state index in [0.29, 0.717) is 10.2 Å². The van der Waals surface area contributed by atoms with Crippen molar-refractivity contribution in [1.29, 1.82) is 0 Å². The van der Waals surface area contributed by atoms with Crippen molar-refractivity contribution in [3.8, 4) is 0 Å². The number of anilines is 2. The van der Waals surface area contributed by atoms with Crippen LogP contribution in [0.15, 0.2) is 34.9 Å². The van der Waals surface area contributed by atoms with Crippen LogP contribution in [0, 0.1) is 12.7 Å². The van der Waals surface area contributed by atoms with Gasteiger partial charge in [0.15, 0.2) is 0 Å². The first kappa shape index (κ1) is 13.5. The highest BCUT2D eigenvalue weighted by molar-refractivity contribution is 9.10. The zero-order chi connectivity index (χ0) is 14.0. The maximum absolute atomic E-state index is 13.2. The molecular weight excluding hydrogens is 313 g/mol. The van der Waals surface area contributed by atoms with Crippen LogP contribution in [0.1, 0.15) is 16.1 Å². The number of hydrogen-bond acceptors (Lipinski definition) is 3. The quantitative estimate of drug-likeness (QED) is 0.834. The van der Waals surface area contributed by atoms with Gasteiger partial charge in [-0.05, 0) is 47.1 Å². The van der Waals surface area contributed by atoms with Crippen LogP contribution >= 0.6 is 15.9 Å². The fraction of sp³-hybridized carbons (Fsp3) is 0.0769. The topological polar surface area (TPSA) is 68.0 Å². The molecule has 0 radical (unpaired) electrons. The summed E-state index contributed by atoms with van der Waals surface area (Å²) in [5, 5.41) is 2.70. The largest absolute Gasteiger partial charge is 0.396 e. The van der Waals surface area contributed by atoms with Crippen LogP contribution in [0.2, 0.25) is 0 Å². The van der Waals surface area contributed by atoms with Gasteiger partial charge in [-0.2, -0.15) is 0 Å². The van der Waals surface area contributed by atoms with E-state index in [2.05, 4.69) is 26.2 Å². The van der Waals surface area contributed by atoms with Crippen molar-refractivity contribution < 1.29 is 9.18 Å². The Hall–Kier alpha value is -1.95. The number of rotatable bonds is 2. The first-order chi connectivity index (χ1) is 8.97. The molecule has 0 atom stereocenters. The second-order valence-corrected chi connectivity index (χ2v) is 4.85. The summed E-state index contributed by atoms with van der Waals surface area (Å²) in [5.41, 5.74) is 7.07. The summed E-state index contributed by atoms with van der Waals surface area (Å²) >= 11 is 3.14. The molecule has 0 bridgehead atoms. The SMILES string of the molecule is Cc1cc(NC(=O)c2cc(N)c(F)cc2Br)ccn1. The second-order valence-electron chi connectivity index (χ2n) is 3.99. The fourth-order valence-electron chi connectivity index (χ4n) is 1.56. The van der Waals surface area contributed by atoms with Gasteiger partial charge in [0, 0.05) is 22.1 Å². The van der Waals surface area contributed by atoms with Crippen molar-refractivity contribution in [2.45, 2.75) is 6.92 Å². The lowest BCUT2D eigenvalue weighted by Crippen LogP contribution is -2.13. The maximum Gasteiger partial charge on any atom is 0.256 e. The van der Waals surface area contributed by atoms with Crippen LogP contribution in [-0.4, -0.2) is 10.9 Å². The van der Waals surface area contributed by atoms with E-state index < -0.39 is 5.82 Å². The molecule has 4 nitrogen and oxygen atoms in total. The predicted octanol–water partition coefficient (Wildman–Crippen LogP) is 3.13. The van der Waals surface area contributed by atoms with Gasteiger partial charge in [-0.15, -0.1) is 0 Å². The minimum atomic E-state index is -0.566. The van der Waals surface area contributed by atoms with Gasteiger partial charge in [0.1, 0.15) is 5.82 Å². The number of aromatic nitrogens is 1. The molecule has 0 aliphatic heterocycles. The molecule has 2 rings (SSSR count). The molecule has 2 aromatic rings. The highest BCUT2D eigenvalue weighted by atomic mass is 79.9. The summed E-state index contributed by atoms with van der Waals surface area (Å²) in [6, 6.07) is 5.87. The van der Waals surface area contributed by atoms with Gasteiger partial charge in [0.2, 0.25) is 0 Å². The van der Waals surface area contributed by atoms with Crippen LogP contribution in [0.3, 0.4) is 0 Å². The number of hydrogen-bond donors (Lipinski definition) is 2. The molecule has 6 heteroatoms. The average Bonchev–Trinajstić information content (AvgIpc) is 2.33. The van der Waals surface area contributed by atoms with E-state index in [4.69, 9.17) is 5.73 Å². The van der Waals surface area contributed by atoms with Crippen LogP contribution in [0.25, 0.3) is 0 Å². The Kier molecular flexibility index (Phi) is 3.80. The lowest BCUT2D eigenvalue weighted by atomic mass is 10.1. The second kappa shape index (κ2) is 5.36. The molecule has 0 aliphatic carbocycles. The molecule has 0 aliphatic rings. The van der Waals surface area contributed by atoms with Crippen molar-refractivity contribution in [1.82, 2.24) is 4.98 Å². The molecular formula is C13H11BrFN3O. The smallest absolute Gasteiger partial charge is 0.256 e. The standard InChI is InChI=1S/C13H11BrFN3O/c1-7-4-8(2-3-17-7)18-13(19)9-5-12(16)11(15)6-10(9)14/h2-6H,16H2,1H3,(H,17,18,19). The molecule has 0 saturated heterocycles. The van der Waals surface area contributed by atoms with Gasteiger partial charge in [-0.3, -0.25) is 9.78 Å². The first-order valence-corrected chi connectivity index (χ1v) is 6.25. The molecule has 1 amide bonds. The summed E-state index contributed by atoms with van der Waals surface area (Å²) in [5.74, 6) is -0.938. The highest BCUT2D eigenvalue weighted by Gasteiger charge is 2.13. The number of nitrogen functional groups attached to an aromatic ring is 1. The third-order valence-electron chi connectivity index (χ3n) is 2.49. The van der Waals surface area contributed by atoms with E-state index in [9.17, 15) is 9.18 Å². The predicted molar refractivity (Wildman–Crippen MR) is 75.4 cm³/mol. The number of pyridine rings is 1. The molecule has 1 heterocycles. The summed E-state index contributed by atoms with van der Waals surface area (Å²) in [7, 11) is 0. The van der Waals surface area contributed by atoms with Crippen LogP contribution in [-0.2, 0) is 0 Å². The Bertz CT molecular complexity index is 646. The van der Waals surface area contributed by atoms with Crippen molar-refractivity contribution >= 4 is 33.2 Å². The molecule has 1 aromatic heterocycles. The summed E-state index contributed by atoms with van der Waals surface area (Å²) in [4.78, 5) is 16.1. The number of nitrogens with two attached hydrogens (primary N) is 1. The summed E-state index contributed by atoms with van der Waals surface area (Å²) < 4.78 is 13.6. The van der Waals surface area contributed by atoms with E-state index in [1.165, 1.54) is 12.1 Å². The molecule has 0 saturated carbocycles. The van der Waals surface area contributed by atoms with Gasteiger partial charge in [0.05, 0.1) is 11.3 Å². The first-order valence-electron chi connectivity index (χ1n) is 5.46. The fourth-order valence-corrected chi connectivity index (χ4v) is 2.06. The third kappa shape index (κ3) is 3.08. The van der Waals surface area contributed by atoms with Gasteiger partial charge in [-0.25, -0.2) is 4.39 Å². The van der Waals surface area contributed by atoms with E-state index in [1.807, 2.05) is 6.92 Å². The normalized spacial score (nSPS) is 10.3. The number of amides is 1. The van der Waals surface area contributed by atoms with Gasteiger partial charge >= 0.3 is 0 Å². The number of nitrogens with zero attached hydrogens (tertiary/aromatic N) is 1. The monoisotopic (exact) mass is 323 g/mol. The zero-order valence-electron chi connectivity index (χ0n) is 10.1. The van der Waals surface area contributed by atoms with E-state index in [0.717, 1.165) is 5.69 Å². The Balaban J connectivity index is 2.28. The van der Waals surface area contributed by atoms with E-state index in [-0.39, 0.29) is 17.2 Å². The maximum atomic E-state index is 13.2. The van der Waals surface area contributed by atoms with Gasteiger partial charge < -0.3 is 11.1 Å². The number of halogens is 2. The molecule has 3 N–H and O–H groups in total. The Labute approximate surface area is 118 Å². The Morgan fingerprint density at radius 3 is 2.84 bits per heavy atom. The van der Waals surface area contributed by atoms with Gasteiger partial charge in [0.25, 0.3) is 5.91 Å². The molecule has 98 valence electrons. The average molecular weight is 324 g/mol. The minimum Gasteiger partial charge on any atom is -0.396 e.